The van der Waals surface area contributed by atoms with Gasteiger partial charge in [0.15, 0.2) is 10.3 Å². The lowest BCUT2D eigenvalue weighted by Gasteiger charge is -1.91. The van der Waals surface area contributed by atoms with E-state index in [1.54, 1.807) is 6.92 Å². The molecule has 0 radical (unpaired) electrons. The molecule has 2 N–H and O–H groups in total. The number of benzene rings is 1. The molecule has 4 aromatic rings. The zero-order valence-corrected chi connectivity index (χ0v) is 11.8. The van der Waals surface area contributed by atoms with Crippen LogP contribution in [0, 0.1) is 6.92 Å². The number of fused-ring (bicyclic) bond motifs is 2. The van der Waals surface area contributed by atoms with Gasteiger partial charge < -0.3 is 4.98 Å². The van der Waals surface area contributed by atoms with Gasteiger partial charge in [0.05, 0.1) is 11.0 Å². The van der Waals surface area contributed by atoms with Crippen LogP contribution in [-0.4, -0.2) is 29.5 Å². The Kier molecular flexibility index (Phi) is 2.58. The van der Waals surface area contributed by atoms with Crippen molar-refractivity contribution in [2.24, 2.45) is 0 Å². The first-order valence-electron chi connectivity index (χ1n) is 6.28. The first kappa shape index (κ1) is 12.2. The van der Waals surface area contributed by atoms with Gasteiger partial charge in [-0.2, -0.15) is 9.50 Å². The first-order chi connectivity index (χ1) is 10.2. The fraction of sp³-hybridized carbons (Fsp3) is 0.0769. The molecule has 0 fully saturated rings. The Morgan fingerprint density at radius 2 is 2.00 bits per heavy atom. The summed E-state index contributed by atoms with van der Waals surface area (Å²) >= 11 is 1.32. The molecule has 3 heterocycles. The highest BCUT2D eigenvalue weighted by atomic mass is 32.2. The van der Waals surface area contributed by atoms with E-state index in [4.69, 9.17) is 0 Å². The van der Waals surface area contributed by atoms with Crippen LogP contribution in [0.4, 0.5) is 0 Å². The summed E-state index contributed by atoms with van der Waals surface area (Å²) in [6.07, 6.45) is 0. The standard InChI is InChI=1S/C13H10N6OS/c1-7-6-10(20)19-11(14-7)17-13(18-19)21-12-15-8-4-2-3-5-9(8)16-12/h2-6H,1H3,(H,15,16)(H,14,17,18). The monoisotopic (exact) mass is 298 g/mol. The van der Waals surface area contributed by atoms with Crippen LogP contribution in [0.3, 0.4) is 0 Å². The van der Waals surface area contributed by atoms with E-state index in [0.717, 1.165) is 11.0 Å². The van der Waals surface area contributed by atoms with Crippen LogP contribution >= 0.6 is 11.8 Å². The minimum Gasteiger partial charge on any atom is -0.333 e. The van der Waals surface area contributed by atoms with Gasteiger partial charge in [0.25, 0.3) is 11.3 Å². The van der Waals surface area contributed by atoms with Crippen molar-refractivity contribution in [1.82, 2.24) is 29.5 Å². The summed E-state index contributed by atoms with van der Waals surface area (Å²) in [5.74, 6) is 0.360. The fourth-order valence-corrected chi connectivity index (χ4v) is 2.84. The van der Waals surface area contributed by atoms with Crippen LogP contribution in [0.15, 0.2) is 45.4 Å². The third kappa shape index (κ3) is 2.09. The van der Waals surface area contributed by atoms with Crippen LogP contribution in [0.25, 0.3) is 16.8 Å². The summed E-state index contributed by atoms with van der Waals surface area (Å²) in [7, 11) is 0. The van der Waals surface area contributed by atoms with E-state index in [0.29, 0.717) is 21.8 Å². The number of nitrogens with one attached hydrogen (secondary N) is 2. The number of aromatic amines is 2. The van der Waals surface area contributed by atoms with E-state index >= 15 is 0 Å². The van der Waals surface area contributed by atoms with Gasteiger partial charge >= 0.3 is 0 Å². The maximum Gasteiger partial charge on any atom is 0.274 e. The topological polar surface area (TPSA) is 91.7 Å². The number of para-hydroxylation sites is 2. The molecule has 7 nitrogen and oxygen atoms in total. The van der Waals surface area contributed by atoms with Crippen LogP contribution in [0.5, 0.6) is 0 Å². The number of nitrogens with zero attached hydrogens (tertiary/aromatic N) is 4. The Hall–Kier alpha value is -2.61. The third-order valence-electron chi connectivity index (χ3n) is 3.00. The van der Waals surface area contributed by atoms with Gasteiger partial charge in [-0.3, -0.25) is 9.89 Å². The molecular weight excluding hydrogens is 288 g/mol. The van der Waals surface area contributed by atoms with Gasteiger partial charge in [-0.25, -0.2) is 9.97 Å². The summed E-state index contributed by atoms with van der Waals surface area (Å²) in [6.45, 7) is 1.77. The predicted octanol–water partition coefficient (Wildman–Crippen LogP) is 1.75. The predicted molar refractivity (Wildman–Crippen MR) is 78.6 cm³/mol. The second-order valence-corrected chi connectivity index (χ2v) is 5.54. The van der Waals surface area contributed by atoms with Crippen LogP contribution in [-0.2, 0) is 0 Å². The molecule has 21 heavy (non-hydrogen) atoms. The van der Waals surface area contributed by atoms with E-state index in [1.807, 2.05) is 24.3 Å². The highest BCUT2D eigenvalue weighted by Gasteiger charge is 2.10. The molecule has 0 spiro atoms. The summed E-state index contributed by atoms with van der Waals surface area (Å²) in [6, 6.07) is 9.23. The summed E-state index contributed by atoms with van der Waals surface area (Å²) in [4.78, 5) is 28.0. The smallest absolute Gasteiger partial charge is 0.274 e. The summed E-state index contributed by atoms with van der Waals surface area (Å²) in [5.41, 5.74) is 2.32. The Morgan fingerprint density at radius 1 is 1.14 bits per heavy atom. The van der Waals surface area contributed by atoms with Gasteiger partial charge in [0.1, 0.15) is 0 Å². The zero-order chi connectivity index (χ0) is 14.4. The average molecular weight is 298 g/mol. The van der Waals surface area contributed by atoms with Gasteiger partial charge in [-0.15, -0.1) is 0 Å². The number of aromatic nitrogens is 6. The van der Waals surface area contributed by atoms with Gasteiger partial charge in [0, 0.05) is 11.8 Å². The fourth-order valence-electron chi connectivity index (χ4n) is 2.09. The number of H-pyrrole nitrogens is 2. The lowest BCUT2D eigenvalue weighted by atomic mass is 10.3. The number of hydrogen-bond donors (Lipinski definition) is 2. The molecule has 4 rings (SSSR count). The molecule has 0 amide bonds. The molecular formula is C13H10N6OS. The molecule has 3 aromatic heterocycles. The maximum atomic E-state index is 11.8. The molecule has 0 saturated carbocycles. The molecule has 0 unspecified atom stereocenters. The van der Waals surface area contributed by atoms with Crippen molar-refractivity contribution < 1.29 is 0 Å². The zero-order valence-electron chi connectivity index (χ0n) is 11.0. The van der Waals surface area contributed by atoms with Crippen LogP contribution < -0.4 is 5.56 Å². The van der Waals surface area contributed by atoms with Crippen molar-refractivity contribution in [3.05, 3.63) is 46.4 Å². The quantitative estimate of drug-likeness (QED) is 0.588. The van der Waals surface area contributed by atoms with Gasteiger partial charge in [0.2, 0.25) is 0 Å². The van der Waals surface area contributed by atoms with E-state index in [9.17, 15) is 4.79 Å². The Morgan fingerprint density at radius 3 is 2.86 bits per heavy atom. The number of aryl methyl sites for hydroxylation is 1. The molecule has 0 aliphatic heterocycles. The summed E-state index contributed by atoms with van der Waals surface area (Å²) < 4.78 is 1.32. The van der Waals surface area contributed by atoms with E-state index in [1.165, 1.54) is 22.3 Å². The van der Waals surface area contributed by atoms with Crippen molar-refractivity contribution in [3.63, 3.8) is 0 Å². The normalized spacial score (nSPS) is 11.5. The molecule has 8 heteroatoms. The van der Waals surface area contributed by atoms with Crippen LogP contribution in [0.1, 0.15) is 5.69 Å². The minimum atomic E-state index is -0.179. The molecule has 0 aliphatic carbocycles. The Bertz CT molecular complexity index is 981. The van der Waals surface area contributed by atoms with Crippen molar-refractivity contribution in [2.45, 2.75) is 17.2 Å². The molecule has 0 atom stereocenters. The van der Waals surface area contributed by atoms with Crippen molar-refractivity contribution >= 4 is 28.6 Å². The highest BCUT2D eigenvalue weighted by molar-refractivity contribution is 7.99. The highest BCUT2D eigenvalue weighted by Crippen LogP contribution is 2.24. The van der Waals surface area contributed by atoms with Crippen LogP contribution in [0.2, 0.25) is 0 Å². The van der Waals surface area contributed by atoms with E-state index < -0.39 is 0 Å². The second kappa shape index (κ2) is 4.45. The van der Waals surface area contributed by atoms with Crippen molar-refractivity contribution in [3.8, 4) is 0 Å². The van der Waals surface area contributed by atoms with E-state index in [2.05, 4.69) is 25.0 Å². The largest absolute Gasteiger partial charge is 0.333 e. The molecule has 1 aromatic carbocycles. The second-order valence-electron chi connectivity index (χ2n) is 4.56. The lowest BCUT2D eigenvalue weighted by Crippen LogP contribution is -2.14. The number of imidazole rings is 1. The van der Waals surface area contributed by atoms with Crippen molar-refractivity contribution in [2.75, 3.05) is 0 Å². The number of hydrogen-bond acceptors (Lipinski definition) is 5. The minimum absolute atomic E-state index is 0.179. The molecule has 0 aliphatic rings. The first-order valence-corrected chi connectivity index (χ1v) is 7.10. The third-order valence-corrected chi connectivity index (χ3v) is 3.76. The number of rotatable bonds is 2. The Balaban J connectivity index is 1.76. The maximum absolute atomic E-state index is 11.8. The van der Waals surface area contributed by atoms with Gasteiger partial charge in [-0.05, 0) is 30.8 Å². The van der Waals surface area contributed by atoms with Gasteiger partial charge in [-0.1, -0.05) is 12.1 Å². The Labute approximate surface area is 122 Å². The van der Waals surface area contributed by atoms with Crippen molar-refractivity contribution in [1.29, 1.82) is 0 Å². The SMILES string of the molecule is Cc1cc(=O)n2[nH]c(Sc3nc4ccccc4[nH]3)nc2n1. The molecule has 0 saturated heterocycles. The summed E-state index contributed by atoms with van der Waals surface area (Å²) in [5, 5.41) is 4.19. The molecule has 104 valence electrons. The lowest BCUT2D eigenvalue weighted by molar-refractivity contribution is 0.843. The average Bonchev–Trinajstić information content (AvgIpc) is 3.01. The molecule has 0 bridgehead atoms. The van der Waals surface area contributed by atoms with E-state index in [-0.39, 0.29) is 5.56 Å².